The van der Waals surface area contributed by atoms with E-state index in [9.17, 15) is 9.90 Å². The second-order valence-electron chi connectivity index (χ2n) is 5.45. The van der Waals surface area contributed by atoms with Crippen LogP contribution >= 0.6 is 11.8 Å². The Bertz CT molecular complexity index is 272. The van der Waals surface area contributed by atoms with Crippen LogP contribution < -0.4 is 10.6 Å². The predicted molar refractivity (Wildman–Crippen MR) is 76.8 cm³/mol. The average molecular weight is 274 g/mol. The Labute approximate surface area is 114 Å². The van der Waals surface area contributed by atoms with E-state index in [1.54, 1.807) is 18.7 Å². The minimum Gasteiger partial charge on any atom is -0.387 e. The molecule has 0 saturated carbocycles. The van der Waals surface area contributed by atoms with Gasteiger partial charge in [0.25, 0.3) is 0 Å². The number of carbonyl (C=O) groups is 1. The predicted octanol–water partition coefficient (Wildman–Crippen LogP) is 0.995. The van der Waals surface area contributed by atoms with Crippen LogP contribution in [0.3, 0.4) is 0 Å². The molecule has 1 saturated heterocycles. The van der Waals surface area contributed by atoms with Gasteiger partial charge in [0, 0.05) is 12.3 Å². The van der Waals surface area contributed by atoms with Crippen molar-refractivity contribution in [3.05, 3.63) is 0 Å². The van der Waals surface area contributed by atoms with Crippen molar-refractivity contribution in [2.24, 2.45) is 5.92 Å². The average Bonchev–Trinajstić information content (AvgIpc) is 2.36. The van der Waals surface area contributed by atoms with Crippen LogP contribution in [0.5, 0.6) is 0 Å². The molecule has 0 radical (unpaired) electrons. The van der Waals surface area contributed by atoms with Gasteiger partial charge in [0.05, 0.1) is 11.6 Å². The van der Waals surface area contributed by atoms with E-state index in [-0.39, 0.29) is 11.9 Å². The number of piperidine rings is 1. The van der Waals surface area contributed by atoms with Crippen molar-refractivity contribution in [1.29, 1.82) is 0 Å². The standard InChI is InChI=1S/C13H26N2O2S/c1-4-10-5-6-14-11(7-10)12(16)15-8-13(2,17)9-18-3/h10-11,14,17H,4-9H2,1-3H3,(H,15,16). The van der Waals surface area contributed by atoms with Crippen LogP contribution in [0.15, 0.2) is 0 Å². The lowest BCUT2D eigenvalue weighted by atomic mass is 9.90. The van der Waals surface area contributed by atoms with Gasteiger partial charge in [-0.15, -0.1) is 0 Å². The van der Waals surface area contributed by atoms with E-state index in [4.69, 9.17) is 0 Å². The molecule has 0 aromatic carbocycles. The first-order valence-electron chi connectivity index (χ1n) is 6.71. The molecule has 1 heterocycles. The van der Waals surface area contributed by atoms with E-state index in [1.807, 2.05) is 6.26 Å². The highest BCUT2D eigenvalue weighted by Gasteiger charge is 2.27. The van der Waals surface area contributed by atoms with Crippen LogP contribution in [0.2, 0.25) is 0 Å². The van der Waals surface area contributed by atoms with Crippen molar-refractivity contribution in [3.8, 4) is 0 Å². The Morgan fingerprint density at radius 3 is 2.94 bits per heavy atom. The molecule has 3 atom stereocenters. The van der Waals surface area contributed by atoms with Gasteiger partial charge >= 0.3 is 0 Å². The van der Waals surface area contributed by atoms with Crippen molar-refractivity contribution in [3.63, 3.8) is 0 Å². The second-order valence-corrected chi connectivity index (χ2v) is 6.32. The Kier molecular flexibility index (Phi) is 6.46. The highest BCUT2D eigenvalue weighted by molar-refractivity contribution is 7.98. The Morgan fingerprint density at radius 2 is 2.33 bits per heavy atom. The van der Waals surface area contributed by atoms with E-state index in [2.05, 4.69) is 17.6 Å². The zero-order valence-corrected chi connectivity index (χ0v) is 12.5. The smallest absolute Gasteiger partial charge is 0.237 e. The zero-order chi connectivity index (χ0) is 13.6. The summed E-state index contributed by atoms with van der Waals surface area (Å²) >= 11 is 1.58. The topological polar surface area (TPSA) is 61.4 Å². The maximum atomic E-state index is 12.0. The minimum atomic E-state index is -0.825. The molecule has 18 heavy (non-hydrogen) atoms. The van der Waals surface area contributed by atoms with Gasteiger partial charge in [0.2, 0.25) is 5.91 Å². The molecule has 0 spiro atoms. The lowest BCUT2D eigenvalue weighted by molar-refractivity contribution is -0.125. The largest absolute Gasteiger partial charge is 0.387 e. The molecule has 0 bridgehead atoms. The monoisotopic (exact) mass is 274 g/mol. The fraction of sp³-hybridized carbons (Fsp3) is 0.923. The summed E-state index contributed by atoms with van der Waals surface area (Å²) in [5, 5.41) is 16.1. The van der Waals surface area contributed by atoms with Gasteiger partial charge < -0.3 is 15.7 Å². The minimum absolute atomic E-state index is 0.0227. The number of rotatable bonds is 6. The number of hydrogen-bond acceptors (Lipinski definition) is 4. The fourth-order valence-electron chi connectivity index (χ4n) is 2.33. The number of thioether (sulfide) groups is 1. The van der Waals surface area contributed by atoms with Crippen molar-refractivity contribution in [1.82, 2.24) is 10.6 Å². The molecule has 5 heteroatoms. The molecule has 106 valence electrons. The molecule has 0 aromatic rings. The maximum Gasteiger partial charge on any atom is 0.237 e. The second kappa shape index (κ2) is 7.36. The lowest BCUT2D eigenvalue weighted by Crippen LogP contribution is -2.52. The molecular weight excluding hydrogens is 248 g/mol. The molecular formula is C13H26N2O2S. The molecule has 4 nitrogen and oxygen atoms in total. The normalized spacial score (nSPS) is 27.6. The summed E-state index contributed by atoms with van der Waals surface area (Å²) in [6, 6.07) is -0.0891. The number of nitrogens with one attached hydrogen (secondary N) is 2. The van der Waals surface area contributed by atoms with E-state index in [0.717, 1.165) is 25.8 Å². The van der Waals surface area contributed by atoms with Crippen LogP contribution in [0.1, 0.15) is 33.1 Å². The molecule has 1 aliphatic heterocycles. The van der Waals surface area contributed by atoms with Crippen LogP contribution in [0, 0.1) is 5.92 Å². The number of aliphatic hydroxyl groups is 1. The Hall–Kier alpha value is -0.260. The van der Waals surface area contributed by atoms with Crippen molar-refractivity contribution in [2.75, 3.05) is 25.1 Å². The summed E-state index contributed by atoms with van der Waals surface area (Å²) in [6.07, 6.45) is 5.15. The quantitative estimate of drug-likeness (QED) is 0.676. The first-order chi connectivity index (χ1) is 8.48. The highest BCUT2D eigenvalue weighted by Crippen LogP contribution is 2.19. The highest BCUT2D eigenvalue weighted by atomic mass is 32.2. The zero-order valence-electron chi connectivity index (χ0n) is 11.7. The van der Waals surface area contributed by atoms with Crippen molar-refractivity contribution < 1.29 is 9.90 Å². The summed E-state index contributed by atoms with van der Waals surface area (Å²) < 4.78 is 0. The van der Waals surface area contributed by atoms with Crippen LogP contribution in [-0.2, 0) is 4.79 Å². The molecule has 0 aromatic heterocycles. The van der Waals surface area contributed by atoms with E-state index in [0.29, 0.717) is 18.2 Å². The lowest BCUT2D eigenvalue weighted by Gasteiger charge is -2.30. The van der Waals surface area contributed by atoms with Gasteiger partial charge in [-0.2, -0.15) is 11.8 Å². The number of carbonyl (C=O) groups excluding carboxylic acids is 1. The Morgan fingerprint density at radius 1 is 1.61 bits per heavy atom. The summed E-state index contributed by atoms with van der Waals surface area (Å²) in [5.41, 5.74) is -0.825. The first-order valence-corrected chi connectivity index (χ1v) is 8.10. The molecule has 1 aliphatic rings. The molecule has 3 N–H and O–H groups in total. The summed E-state index contributed by atoms with van der Waals surface area (Å²) in [4.78, 5) is 12.0. The van der Waals surface area contributed by atoms with Gasteiger partial charge in [-0.25, -0.2) is 0 Å². The van der Waals surface area contributed by atoms with Gasteiger partial charge in [-0.1, -0.05) is 13.3 Å². The van der Waals surface area contributed by atoms with Crippen LogP contribution in [-0.4, -0.2) is 47.8 Å². The van der Waals surface area contributed by atoms with Gasteiger partial charge in [-0.3, -0.25) is 4.79 Å². The van der Waals surface area contributed by atoms with Gasteiger partial charge in [0.15, 0.2) is 0 Å². The summed E-state index contributed by atoms with van der Waals surface area (Å²) in [5.74, 6) is 1.30. The van der Waals surface area contributed by atoms with E-state index in [1.165, 1.54) is 0 Å². The molecule has 1 fully saturated rings. The van der Waals surface area contributed by atoms with Crippen LogP contribution in [0.25, 0.3) is 0 Å². The van der Waals surface area contributed by atoms with Crippen molar-refractivity contribution in [2.45, 2.75) is 44.8 Å². The van der Waals surface area contributed by atoms with Crippen molar-refractivity contribution >= 4 is 17.7 Å². The molecule has 1 rings (SSSR count). The molecule has 0 aliphatic carbocycles. The van der Waals surface area contributed by atoms with Gasteiger partial charge in [-0.05, 0) is 38.5 Å². The first kappa shape index (κ1) is 15.8. The number of hydrogen-bond donors (Lipinski definition) is 3. The maximum absolute atomic E-state index is 12.0. The third-order valence-corrected chi connectivity index (χ3v) is 4.42. The molecule has 1 amide bonds. The Balaban J connectivity index is 2.36. The molecule has 3 unspecified atom stereocenters. The van der Waals surface area contributed by atoms with E-state index >= 15 is 0 Å². The third-order valence-electron chi connectivity index (χ3n) is 3.50. The van der Waals surface area contributed by atoms with Gasteiger partial charge in [0.1, 0.15) is 0 Å². The summed E-state index contributed by atoms with van der Waals surface area (Å²) in [6.45, 7) is 5.17. The van der Waals surface area contributed by atoms with E-state index < -0.39 is 5.60 Å². The third kappa shape index (κ3) is 5.16. The fourth-order valence-corrected chi connectivity index (χ4v) is 3.05. The van der Waals surface area contributed by atoms with Crippen LogP contribution in [0.4, 0.5) is 0 Å². The number of amides is 1. The SMILES string of the molecule is CCC1CCNC(C(=O)NCC(C)(O)CSC)C1. The summed E-state index contributed by atoms with van der Waals surface area (Å²) in [7, 11) is 0.